The van der Waals surface area contributed by atoms with Crippen LogP contribution < -0.4 is 0 Å². The fraction of sp³-hybridized carbons (Fsp3) is 0.692. The van der Waals surface area contributed by atoms with Crippen LogP contribution in [0.4, 0.5) is 0 Å². The van der Waals surface area contributed by atoms with Gasteiger partial charge >= 0.3 is 11.9 Å². The summed E-state index contributed by atoms with van der Waals surface area (Å²) in [7, 11) is 0. The maximum Gasteiger partial charge on any atom is 0.338 e. The Morgan fingerprint density at radius 1 is 0.533 bits per heavy atom. The highest BCUT2D eigenvalue weighted by Gasteiger charge is 2.11. The number of hydrogen-bond donors (Lipinski definition) is 0. The molecule has 4 nitrogen and oxygen atoms in total. The number of carbonyl (C=O) groups excluding carboxylic acids is 2. The van der Waals surface area contributed by atoms with Crippen molar-refractivity contribution in [3.63, 3.8) is 0 Å². The van der Waals surface area contributed by atoms with Crippen LogP contribution in [0.3, 0.4) is 0 Å². The molecule has 0 saturated carbocycles. The van der Waals surface area contributed by atoms with E-state index >= 15 is 0 Å². The van der Waals surface area contributed by atoms with Gasteiger partial charge in [0.15, 0.2) is 0 Å². The Balaban J connectivity index is 2.14. The number of rotatable bonds is 18. The molecule has 0 spiro atoms. The number of ether oxygens (including phenoxy) is 2. The third kappa shape index (κ3) is 12.7. The van der Waals surface area contributed by atoms with Gasteiger partial charge in [-0.1, -0.05) is 90.9 Å². The smallest absolute Gasteiger partial charge is 0.338 e. The van der Waals surface area contributed by atoms with Crippen LogP contribution in [0.25, 0.3) is 0 Å². The fourth-order valence-electron chi connectivity index (χ4n) is 3.36. The van der Waals surface area contributed by atoms with E-state index in [1.807, 2.05) is 0 Å². The van der Waals surface area contributed by atoms with Crippen LogP contribution in [0.1, 0.15) is 124 Å². The summed E-state index contributed by atoms with van der Waals surface area (Å²) in [6.07, 6.45) is 16.7. The summed E-state index contributed by atoms with van der Waals surface area (Å²) < 4.78 is 10.6. The van der Waals surface area contributed by atoms with Crippen molar-refractivity contribution in [3.8, 4) is 0 Å². The summed E-state index contributed by atoms with van der Waals surface area (Å²) in [5.41, 5.74) is 0.945. The van der Waals surface area contributed by atoms with Gasteiger partial charge < -0.3 is 9.47 Å². The second-order valence-electron chi connectivity index (χ2n) is 8.09. The van der Waals surface area contributed by atoms with Gasteiger partial charge in [0.05, 0.1) is 24.3 Å². The molecule has 0 fully saturated rings. The van der Waals surface area contributed by atoms with Crippen LogP contribution in [-0.4, -0.2) is 25.2 Å². The van der Waals surface area contributed by atoms with Gasteiger partial charge in [0.2, 0.25) is 0 Å². The van der Waals surface area contributed by atoms with Crippen LogP contribution in [0.5, 0.6) is 0 Å². The van der Waals surface area contributed by atoms with Crippen molar-refractivity contribution in [2.45, 2.75) is 104 Å². The van der Waals surface area contributed by atoms with E-state index in [0.717, 1.165) is 25.7 Å². The molecule has 1 rings (SSSR count). The molecule has 0 amide bonds. The summed E-state index contributed by atoms with van der Waals surface area (Å²) in [4.78, 5) is 24.2. The van der Waals surface area contributed by atoms with E-state index in [0.29, 0.717) is 24.3 Å². The lowest BCUT2D eigenvalue weighted by Crippen LogP contribution is -2.09. The van der Waals surface area contributed by atoms with E-state index in [1.165, 1.54) is 64.2 Å². The fourth-order valence-corrected chi connectivity index (χ4v) is 3.36. The first-order valence-corrected chi connectivity index (χ1v) is 12.1. The molecule has 0 atom stereocenters. The largest absolute Gasteiger partial charge is 0.462 e. The van der Waals surface area contributed by atoms with Crippen molar-refractivity contribution >= 4 is 11.9 Å². The molecule has 0 aromatic heterocycles. The van der Waals surface area contributed by atoms with Gasteiger partial charge in [0, 0.05) is 0 Å². The summed E-state index contributed by atoms with van der Waals surface area (Å²) >= 11 is 0. The molecule has 4 heteroatoms. The minimum Gasteiger partial charge on any atom is -0.462 e. The topological polar surface area (TPSA) is 52.6 Å². The standard InChI is InChI=1S/C26H42O4/c1-3-5-7-9-10-11-12-14-16-22-30-26(28)24-19-17-23(18-20-24)25(27)29-21-15-13-8-6-4-2/h17-20H,3-16,21-22H2,1-2H3. The second-order valence-corrected chi connectivity index (χ2v) is 8.09. The lowest BCUT2D eigenvalue weighted by molar-refractivity contribution is 0.0483. The molecule has 0 heterocycles. The Morgan fingerprint density at radius 3 is 1.17 bits per heavy atom. The Labute approximate surface area is 183 Å². The van der Waals surface area contributed by atoms with Crippen LogP contribution in [-0.2, 0) is 9.47 Å². The first-order chi connectivity index (χ1) is 14.7. The zero-order valence-electron chi connectivity index (χ0n) is 19.3. The first-order valence-electron chi connectivity index (χ1n) is 12.1. The van der Waals surface area contributed by atoms with Gasteiger partial charge in [0.25, 0.3) is 0 Å². The molecule has 1 aromatic carbocycles. The molecule has 0 radical (unpaired) electrons. The van der Waals surface area contributed by atoms with E-state index in [-0.39, 0.29) is 11.9 Å². The monoisotopic (exact) mass is 418 g/mol. The molecule has 0 unspecified atom stereocenters. The predicted molar refractivity (Wildman–Crippen MR) is 123 cm³/mol. The van der Waals surface area contributed by atoms with E-state index in [1.54, 1.807) is 24.3 Å². The van der Waals surface area contributed by atoms with E-state index < -0.39 is 0 Å². The van der Waals surface area contributed by atoms with E-state index in [4.69, 9.17) is 9.47 Å². The first kappa shape index (κ1) is 26.2. The number of unbranched alkanes of at least 4 members (excludes halogenated alkanes) is 12. The van der Waals surface area contributed by atoms with E-state index in [9.17, 15) is 9.59 Å². The van der Waals surface area contributed by atoms with Crippen LogP contribution in [0.2, 0.25) is 0 Å². The molecule has 170 valence electrons. The maximum atomic E-state index is 12.1. The van der Waals surface area contributed by atoms with Crippen LogP contribution in [0.15, 0.2) is 24.3 Å². The minimum absolute atomic E-state index is 0.328. The molecule has 0 aliphatic carbocycles. The third-order valence-electron chi connectivity index (χ3n) is 5.32. The zero-order valence-corrected chi connectivity index (χ0v) is 19.3. The Kier molecular flexibility index (Phi) is 15.7. The van der Waals surface area contributed by atoms with Crippen molar-refractivity contribution in [2.75, 3.05) is 13.2 Å². The Bertz CT molecular complexity index is 565. The second kappa shape index (κ2) is 18.0. The van der Waals surface area contributed by atoms with Gasteiger partial charge in [-0.3, -0.25) is 0 Å². The molecule has 1 aromatic rings. The van der Waals surface area contributed by atoms with Crippen molar-refractivity contribution in [2.24, 2.45) is 0 Å². The molecule has 0 aliphatic heterocycles. The number of benzene rings is 1. The Hall–Kier alpha value is -1.84. The zero-order chi connectivity index (χ0) is 21.9. The molecular weight excluding hydrogens is 376 g/mol. The van der Waals surface area contributed by atoms with Crippen molar-refractivity contribution in [3.05, 3.63) is 35.4 Å². The lowest BCUT2D eigenvalue weighted by atomic mass is 10.1. The predicted octanol–water partition coefficient (Wildman–Crippen LogP) is 7.50. The third-order valence-corrected chi connectivity index (χ3v) is 5.32. The quantitative estimate of drug-likeness (QED) is 0.183. The molecule has 0 aliphatic rings. The summed E-state index contributed by atoms with van der Waals surface area (Å²) in [5, 5.41) is 0. The van der Waals surface area contributed by atoms with Crippen molar-refractivity contribution in [1.82, 2.24) is 0 Å². The number of carbonyl (C=O) groups is 2. The molecule has 0 N–H and O–H groups in total. The van der Waals surface area contributed by atoms with Gasteiger partial charge in [-0.05, 0) is 37.1 Å². The van der Waals surface area contributed by atoms with Gasteiger partial charge in [-0.15, -0.1) is 0 Å². The van der Waals surface area contributed by atoms with Gasteiger partial charge in [0.1, 0.15) is 0 Å². The van der Waals surface area contributed by atoms with E-state index in [2.05, 4.69) is 13.8 Å². The number of esters is 2. The Morgan fingerprint density at radius 2 is 0.833 bits per heavy atom. The maximum absolute atomic E-state index is 12.1. The average Bonchev–Trinajstić information content (AvgIpc) is 2.77. The summed E-state index contributed by atoms with van der Waals surface area (Å²) in [6, 6.07) is 6.54. The summed E-state index contributed by atoms with van der Waals surface area (Å²) in [5.74, 6) is -0.662. The highest BCUT2D eigenvalue weighted by atomic mass is 16.5. The van der Waals surface area contributed by atoms with Crippen molar-refractivity contribution < 1.29 is 19.1 Å². The normalized spacial score (nSPS) is 10.7. The minimum atomic E-state index is -0.333. The van der Waals surface area contributed by atoms with Crippen molar-refractivity contribution in [1.29, 1.82) is 0 Å². The number of hydrogen-bond acceptors (Lipinski definition) is 4. The highest BCUT2D eigenvalue weighted by molar-refractivity contribution is 5.93. The lowest BCUT2D eigenvalue weighted by Gasteiger charge is -2.07. The summed E-state index contributed by atoms with van der Waals surface area (Å²) in [6.45, 7) is 5.32. The van der Waals surface area contributed by atoms with Crippen LogP contribution >= 0.6 is 0 Å². The SMILES string of the molecule is CCCCCCCCCCCOC(=O)c1ccc(C(=O)OCCCCCCC)cc1. The van der Waals surface area contributed by atoms with Gasteiger partial charge in [-0.25, -0.2) is 9.59 Å². The molecule has 0 saturated heterocycles. The average molecular weight is 419 g/mol. The van der Waals surface area contributed by atoms with Gasteiger partial charge in [-0.2, -0.15) is 0 Å². The molecule has 0 bridgehead atoms. The molecule has 30 heavy (non-hydrogen) atoms. The molecular formula is C26H42O4. The van der Waals surface area contributed by atoms with Crippen LogP contribution in [0, 0.1) is 0 Å². The highest BCUT2D eigenvalue weighted by Crippen LogP contribution is 2.11.